The van der Waals surface area contributed by atoms with Gasteiger partial charge in [0.15, 0.2) is 0 Å². The maximum atomic E-state index is 13.4. The quantitative estimate of drug-likeness (QED) is 0.0271. The van der Waals surface area contributed by atoms with Gasteiger partial charge in [0.1, 0.15) is 25.6 Å². The number of nitrogens with one attached hydrogen (secondary N) is 2. The van der Waals surface area contributed by atoms with Crippen molar-refractivity contribution in [1.82, 2.24) is 14.6 Å². The van der Waals surface area contributed by atoms with Crippen LogP contribution in [-0.4, -0.2) is 293 Å². The number of carbonyl (C=O) groups excluding carboxylic acids is 1. The molecule has 0 bridgehead atoms. The fourth-order valence-electron chi connectivity index (χ4n) is 10.0. The summed E-state index contributed by atoms with van der Waals surface area (Å²) in [5, 5.41) is 8.05. The number of nitrogens with zero attached hydrogens (tertiary/aromatic N) is 2. The fourth-order valence-corrected chi connectivity index (χ4v) is 11.3. The molecule has 0 saturated carbocycles. The van der Waals surface area contributed by atoms with Crippen molar-refractivity contribution in [3.63, 3.8) is 0 Å². The number of aromatic nitrogens is 1. The summed E-state index contributed by atoms with van der Waals surface area (Å²) in [6.07, 6.45) is -0.270. The van der Waals surface area contributed by atoms with Crippen LogP contribution in [0.15, 0.2) is 97.1 Å². The van der Waals surface area contributed by atoms with Gasteiger partial charge in [-0.15, -0.1) is 0 Å². The highest BCUT2D eigenvalue weighted by atomic mass is 35.5. The van der Waals surface area contributed by atoms with Gasteiger partial charge in [-0.25, -0.2) is 18.2 Å². The molecule has 2 heterocycles. The second-order valence-electron chi connectivity index (χ2n) is 23.2. The van der Waals surface area contributed by atoms with E-state index in [4.69, 9.17) is 123 Å². The molecule has 1 saturated heterocycles. The number of pyridine rings is 1. The molecule has 1 amide bonds. The van der Waals surface area contributed by atoms with E-state index < -0.39 is 21.6 Å². The third-order valence-electron chi connectivity index (χ3n) is 15.4. The fraction of sp³-hybridized carbons (Fsp3) is 0.616. The first-order valence-corrected chi connectivity index (χ1v) is 37.8. The third-order valence-corrected chi connectivity index (χ3v) is 17.6. The number of ether oxygens (including phenoxy) is 20. The predicted octanol–water partition coefficient (Wildman–Crippen LogP) is 9.04. The second-order valence-corrected chi connectivity index (χ2v) is 26.0. The molecule has 1 aliphatic heterocycles. The maximum Gasteiger partial charge on any atom is 0.511 e. The highest BCUT2D eigenvalue weighted by Crippen LogP contribution is 2.38. The summed E-state index contributed by atoms with van der Waals surface area (Å²) in [5.41, 5.74) is -0.472. The van der Waals surface area contributed by atoms with Crippen LogP contribution in [0, 0.1) is 0 Å². The zero-order valence-electron chi connectivity index (χ0n) is 60.5. The van der Waals surface area contributed by atoms with Gasteiger partial charge >= 0.3 is 21.6 Å². The molecular formula is C73H105Cl2F3N4O23S. The number of alkyl halides is 3. The SMILES string of the molecule is COCCOCCOCCOCCOCCOCCOCCOCCOCCOCCOCCOCCNC(=O)OCc1ccc(OCCOCCOCCOCCOCCOCCOc2cc(NC3CCN(S(=O)(=O)C(F)(F)F)CC3)c3cc(C(c4ccc(Cl)cc4)c4ccc(Cl)cc4)ccc3n2)cc1. The average molecular weight is 1570 g/mol. The van der Waals surface area contributed by atoms with Gasteiger partial charge in [-0.05, 0) is 83.6 Å². The van der Waals surface area contributed by atoms with Crippen molar-refractivity contribution in [1.29, 1.82) is 0 Å². The molecule has 2 N–H and O–H groups in total. The lowest BCUT2D eigenvalue weighted by molar-refractivity contribution is -0.0494. The zero-order chi connectivity index (χ0) is 75.2. The lowest BCUT2D eigenvalue weighted by Crippen LogP contribution is -2.47. The van der Waals surface area contributed by atoms with Crippen molar-refractivity contribution >= 4 is 55.9 Å². The largest absolute Gasteiger partial charge is 0.511 e. The number of piperidine rings is 1. The second kappa shape index (κ2) is 55.9. The van der Waals surface area contributed by atoms with Gasteiger partial charge in [0.2, 0.25) is 5.88 Å². The first-order valence-electron chi connectivity index (χ1n) is 35.6. The van der Waals surface area contributed by atoms with Crippen molar-refractivity contribution in [2.24, 2.45) is 0 Å². The minimum atomic E-state index is -5.45. The Hall–Kier alpha value is -5.44. The molecule has 0 atom stereocenters. The number of hydrogen-bond acceptors (Lipinski definition) is 25. The number of benzene rings is 4. The molecule has 4 aromatic carbocycles. The molecule has 0 spiro atoms. The molecule has 0 aliphatic carbocycles. The topological polar surface area (TPSA) is 276 Å². The Kier molecular flexibility index (Phi) is 47.2. The third kappa shape index (κ3) is 38.8. The normalized spacial score (nSPS) is 13.1. The highest BCUT2D eigenvalue weighted by Gasteiger charge is 2.50. The van der Waals surface area contributed by atoms with Crippen LogP contribution in [0.1, 0.15) is 41.0 Å². The number of fused-ring (bicyclic) bond motifs is 1. The van der Waals surface area contributed by atoms with Gasteiger partial charge in [-0.1, -0.05) is 65.7 Å². The number of anilines is 1. The van der Waals surface area contributed by atoms with E-state index in [2.05, 4.69) is 10.6 Å². The monoisotopic (exact) mass is 1560 g/mol. The summed E-state index contributed by atoms with van der Waals surface area (Å²) < 4.78 is 176. The number of hydrogen-bond donors (Lipinski definition) is 2. The number of halogens is 5. The van der Waals surface area contributed by atoms with Crippen molar-refractivity contribution in [3.8, 4) is 11.6 Å². The van der Waals surface area contributed by atoms with Crippen molar-refractivity contribution in [2.75, 3.05) is 263 Å². The Balaban J connectivity index is 0.673. The Labute approximate surface area is 629 Å². The summed E-state index contributed by atoms with van der Waals surface area (Å²) in [6.45, 7) is 14.6. The van der Waals surface area contributed by atoms with Crippen molar-refractivity contribution in [2.45, 2.75) is 36.9 Å². The molecule has 1 fully saturated rings. The summed E-state index contributed by atoms with van der Waals surface area (Å²) in [5.74, 6) is 0.719. The lowest BCUT2D eigenvalue weighted by Gasteiger charge is -2.32. The van der Waals surface area contributed by atoms with E-state index in [1.807, 2.05) is 78.9 Å². The van der Waals surface area contributed by atoms with Crippen LogP contribution >= 0.6 is 23.2 Å². The first kappa shape index (κ1) is 89.5. The molecule has 0 unspecified atom stereocenters. The molecule has 33 heteroatoms. The Morgan fingerprint density at radius 2 is 0.830 bits per heavy atom. The molecule has 5 aromatic rings. The van der Waals surface area contributed by atoms with Gasteiger partial charge in [-0.2, -0.15) is 17.5 Å². The molecule has 1 aromatic heterocycles. The summed E-state index contributed by atoms with van der Waals surface area (Å²) in [4.78, 5) is 17.0. The minimum Gasteiger partial charge on any atom is -0.491 e. The predicted molar refractivity (Wildman–Crippen MR) is 389 cm³/mol. The molecular weight excluding hydrogens is 1460 g/mol. The van der Waals surface area contributed by atoms with Gasteiger partial charge in [0.05, 0.1) is 224 Å². The number of methoxy groups -OCH3 is 1. The van der Waals surface area contributed by atoms with Crippen LogP contribution in [-0.2, 0) is 102 Å². The van der Waals surface area contributed by atoms with Gasteiger partial charge < -0.3 is 105 Å². The zero-order valence-corrected chi connectivity index (χ0v) is 62.8. The summed E-state index contributed by atoms with van der Waals surface area (Å²) in [7, 11) is -3.81. The van der Waals surface area contributed by atoms with Crippen LogP contribution in [0.2, 0.25) is 10.0 Å². The van der Waals surface area contributed by atoms with Gasteiger partial charge in [0, 0.05) is 65.9 Å². The van der Waals surface area contributed by atoms with E-state index >= 15 is 0 Å². The van der Waals surface area contributed by atoms with E-state index in [-0.39, 0.29) is 64.3 Å². The van der Waals surface area contributed by atoms with E-state index in [9.17, 15) is 26.4 Å². The van der Waals surface area contributed by atoms with E-state index in [1.54, 1.807) is 25.3 Å². The van der Waals surface area contributed by atoms with Gasteiger partial charge in [0.25, 0.3) is 0 Å². The van der Waals surface area contributed by atoms with Crippen molar-refractivity contribution < 1.29 is 121 Å². The summed E-state index contributed by atoms with van der Waals surface area (Å²) >= 11 is 12.6. The molecule has 1 aliphatic rings. The molecule has 27 nitrogen and oxygen atoms in total. The summed E-state index contributed by atoms with van der Waals surface area (Å²) in [6, 6.07) is 29.7. The van der Waals surface area contributed by atoms with Gasteiger partial charge in [-0.3, -0.25) is 0 Å². The molecule has 106 heavy (non-hydrogen) atoms. The number of alkyl carbamates (subject to hydrolysis) is 1. The standard InChI is InChI=1S/C73H105Cl2F3N4O23S/c1-86-22-23-88-26-27-90-30-31-92-34-35-94-38-39-96-42-43-97-41-40-95-37-36-93-33-32-91-29-28-89-25-24-87-21-18-79-72(83)105-58-59-2-13-66(14-3-59)103-54-52-101-50-48-99-46-44-98-45-47-100-49-51-102-53-55-104-70-57-69(80-65-16-19-82(20-17-65)106(84,85)73(76,77)78)67-56-62(8-15-68(67)81-70)71(60-4-9-63(74)10-5-60)61-6-11-64(75)12-7-61/h2-15,56-57,65,71H,16-55,58H2,1H3,(H,79,83)(H,80,81). The van der Waals surface area contributed by atoms with Crippen LogP contribution in [0.5, 0.6) is 11.6 Å². The lowest BCUT2D eigenvalue weighted by atomic mass is 9.84. The van der Waals surface area contributed by atoms with Crippen LogP contribution in [0.3, 0.4) is 0 Å². The van der Waals surface area contributed by atoms with E-state index in [0.717, 1.165) is 27.6 Å². The van der Waals surface area contributed by atoms with Crippen LogP contribution in [0.4, 0.5) is 23.7 Å². The minimum absolute atomic E-state index is 0.0932. The maximum absolute atomic E-state index is 13.4. The van der Waals surface area contributed by atoms with E-state index in [1.165, 1.54) is 0 Å². The Morgan fingerprint density at radius 1 is 0.472 bits per heavy atom. The first-order chi connectivity index (χ1) is 51.8. The number of carbonyl (C=O) groups is 1. The Bertz CT molecular complexity index is 3130. The van der Waals surface area contributed by atoms with Crippen molar-refractivity contribution in [3.05, 3.63) is 129 Å². The molecule has 596 valence electrons. The number of rotatable bonds is 64. The highest BCUT2D eigenvalue weighted by molar-refractivity contribution is 7.90. The molecule has 0 radical (unpaired) electrons. The number of amides is 1. The van der Waals surface area contributed by atoms with E-state index in [0.29, 0.717) is 255 Å². The average Bonchev–Trinajstić information content (AvgIpc) is 0.779. The smallest absolute Gasteiger partial charge is 0.491 e. The van der Waals surface area contributed by atoms with Crippen LogP contribution < -0.4 is 20.1 Å². The Morgan fingerprint density at radius 3 is 1.22 bits per heavy atom. The van der Waals surface area contributed by atoms with Crippen LogP contribution in [0.25, 0.3) is 10.9 Å². The molecule has 6 rings (SSSR count). The number of sulfonamides is 1.